The molecule has 2 amide bonds. The van der Waals surface area contributed by atoms with Crippen molar-refractivity contribution in [3.8, 4) is 11.1 Å². The third kappa shape index (κ3) is 5.92. The quantitative estimate of drug-likeness (QED) is 0.527. The highest BCUT2D eigenvalue weighted by Gasteiger charge is 2.30. The fraction of sp³-hybridized carbons (Fsp3) is 0.423. The predicted molar refractivity (Wildman–Crippen MR) is 126 cm³/mol. The minimum atomic E-state index is -0.889. The largest absolute Gasteiger partial charge is 0.481 e. The summed E-state index contributed by atoms with van der Waals surface area (Å²) >= 11 is 0. The summed E-state index contributed by atoms with van der Waals surface area (Å²) in [5.74, 6) is -1.15. The van der Waals surface area contributed by atoms with Crippen molar-refractivity contribution in [1.29, 1.82) is 0 Å². The molecule has 1 atom stereocenters. The average molecular weight is 453 g/mol. The fourth-order valence-electron chi connectivity index (χ4n) is 4.39. The number of benzene rings is 2. The average Bonchev–Trinajstić information content (AvgIpc) is 3.13. The summed E-state index contributed by atoms with van der Waals surface area (Å²) in [5.41, 5.74) is 4.56. The molecule has 33 heavy (non-hydrogen) atoms. The van der Waals surface area contributed by atoms with Gasteiger partial charge in [0, 0.05) is 25.4 Å². The molecule has 7 heteroatoms. The Balaban J connectivity index is 1.62. The van der Waals surface area contributed by atoms with E-state index in [1.165, 1.54) is 0 Å². The highest BCUT2D eigenvalue weighted by molar-refractivity contribution is 5.86. The van der Waals surface area contributed by atoms with Gasteiger partial charge in [0.15, 0.2) is 0 Å². The maximum absolute atomic E-state index is 13.0. The molecular formula is C26H32N2O5. The highest BCUT2D eigenvalue weighted by atomic mass is 16.5. The van der Waals surface area contributed by atoms with Gasteiger partial charge in [-0.2, -0.15) is 0 Å². The fourth-order valence-corrected chi connectivity index (χ4v) is 4.39. The number of ether oxygens (including phenoxy) is 1. The Hall–Kier alpha value is -3.35. The number of rotatable bonds is 11. The summed E-state index contributed by atoms with van der Waals surface area (Å²) in [7, 11) is 0. The van der Waals surface area contributed by atoms with E-state index in [4.69, 9.17) is 9.84 Å². The number of hydrogen-bond donors (Lipinski definition) is 2. The van der Waals surface area contributed by atoms with Crippen LogP contribution in [0.1, 0.15) is 56.6 Å². The highest BCUT2D eigenvalue weighted by Crippen LogP contribution is 2.44. The Labute approximate surface area is 194 Å². The number of nitrogens with one attached hydrogen (secondary N) is 1. The topological polar surface area (TPSA) is 95.9 Å². The Morgan fingerprint density at radius 2 is 1.64 bits per heavy atom. The number of nitrogens with zero attached hydrogens (tertiary/aromatic N) is 1. The summed E-state index contributed by atoms with van der Waals surface area (Å²) in [5, 5.41) is 11.6. The molecule has 2 aromatic carbocycles. The number of carboxylic acid groups (broad SMARTS) is 1. The number of carboxylic acids is 1. The number of alkyl carbamates (subject to hydrolysis) is 1. The lowest BCUT2D eigenvalue weighted by Gasteiger charge is -2.26. The molecular weight excluding hydrogens is 420 g/mol. The predicted octanol–water partition coefficient (Wildman–Crippen LogP) is 4.41. The second-order valence-corrected chi connectivity index (χ2v) is 8.23. The number of carbonyl (C=O) groups is 3. The Bertz CT molecular complexity index is 945. The zero-order valence-electron chi connectivity index (χ0n) is 19.3. The van der Waals surface area contributed by atoms with Crippen molar-refractivity contribution in [3.05, 3.63) is 59.7 Å². The third-order valence-electron chi connectivity index (χ3n) is 6.02. The van der Waals surface area contributed by atoms with E-state index in [1.54, 1.807) is 4.90 Å². The first-order chi connectivity index (χ1) is 16.0. The van der Waals surface area contributed by atoms with Crippen molar-refractivity contribution < 1.29 is 24.2 Å². The zero-order valence-corrected chi connectivity index (χ0v) is 19.3. The van der Waals surface area contributed by atoms with Crippen LogP contribution in [0.2, 0.25) is 0 Å². The third-order valence-corrected chi connectivity index (χ3v) is 6.02. The van der Waals surface area contributed by atoms with Crippen LogP contribution in [0.4, 0.5) is 4.79 Å². The number of amides is 2. The van der Waals surface area contributed by atoms with E-state index < -0.39 is 18.1 Å². The number of likely N-dealkylation sites (N-methyl/N-ethyl adjacent to an activating group) is 1. The Morgan fingerprint density at radius 3 is 2.18 bits per heavy atom. The standard InChI is InChI=1S/C26H32N2O5/c1-3-10-23(25(31)28(4-2)16-9-15-24(29)30)27-26(32)33-17-22-20-13-7-5-11-18(20)19-12-6-8-14-21(19)22/h5-8,11-14,22-23H,3-4,9-10,15-17H2,1-2H3,(H,27,32)(H,29,30)/t23-/m1/s1. The molecule has 0 unspecified atom stereocenters. The van der Waals surface area contributed by atoms with Crippen LogP contribution in [0.25, 0.3) is 11.1 Å². The van der Waals surface area contributed by atoms with Crippen LogP contribution in [0.5, 0.6) is 0 Å². The molecule has 1 aliphatic carbocycles. The van der Waals surface area contributed by atoms with Crippen LogP contribution in [-0.2, 0) is 14.3 Å². The Morgan fingerprint density at radius 1 is 1.03 bits per heavy atom. The van der Waals surface area contributed by atoms with Crippen molar-refractivity contribution >= 4 is 18.0 Å². The molecule has 176 valence electrons. The van der Waals surface area contributed by atoms with E-state index in [-0.39, 0.29) is 24.9 Å². The molecule has 7 nitrogen and oxygen atoms in total. The molecule has 0 aliphatic heterocycles. The van der Waals surface area contributed by atoms with E-state index in [1.807, 2.05) is 38.1 Å². The number of aliphatic carboxylic acids is 1. The van der Waals surface area contributed by atoms with Crippen LogP contribution >= 0.6 is 0 Å². The van der Waals surface area contributed by atoms with Gasteiger partial charge >= 0.3 is 12.1 Å². The van der Waals surface area contributed by atoms with Crippen LogP contribution in [0, 0.1) is 0 Å². The van der Waals surface area contributed by atoms with Gasteiger partial charge in [0.2, 0.25) is 5.91 Å². The summed E-state index contributed by atoms with van der Waals surface area (Å²) in [6, 6.07) is 15.5. The normalized spacial score (nSPS) is 13.0. The molecule has 2 N–H and O–H groups in total. The first-order valence-corrected chi connectivity index (χ1v) is 11.6. The lowest BCUT2D eigenvalue weighted by atomic mass is 9.98. The smallest absolute Gasteiger partial charge is 0.407 e. The molecule has 0 saturated carbocycles. The first kappa shape index (κ1) is 24.3. The van der Waals surface area contributed by atoms with Crippen molar-refractivity contribution in [1.82, 2.24) is 10.2 Å². The summed E-state index contributed by atoms with van der Waals surface area (Å²) in [6.45, 7) is 4.76. The van der Waals surface area contributed by atoms with Crippen LogP contribution < -0.4 is 5.32 Å². The molecule has 1 aliphatic rings. The second kappa shape index (κ2) is 11.5. The first-order valence-electron chi connectivity index (χ1n) is 11.6. The van der Waals surface area contributed by atoms with Crippen molar-refractivity contribution in [2.75, 3.05) is 19.7 Å². The van der Waals surface area contributed by atoms with Gasteiger partial charge in [0.05, 0.1) is 0 Å². The lowest BCUT2D eigenvalue weighted by molar-refractivity contribution is -0.138. The van der Waals surface area contributed by atoms with Gasteiger partial charge in [-0.1, -0.05) is 61.9 Å². The second-order valence-electron chi connectivity index (χ2n) is 8.23. The van der Waals surface area contributed by atoms with Gasteiger partial charge in [0.25, 0.3) is 0 Å². The summed E-state index contributed by atoms with van der Waals surface area (Å²) in [6.07, 6.45) is 0.955. The van der Waals surface area contributed by atoms with E-state index >= 15 is 0 Å². The number of carbonyl (C=O) groups excluding carboxylic acids is 2. The maximum Gasteiger partial charge on any atom is 0.407 e. The minimum absolute atomic E-state index is 0.00202. The molecule has 0 aromatic heterocycles. The summed E-state index contributed by atoms with van der Waals surface area (Å²) in [4.78, 5) is 38.0. The number of fused-ring (bicyclic) bond motifs is 3. The number of hydrogen-bond acceptors (Lipinski definition) is 4. The van der Waals surface area contributed by atoms with E-state index in [0.717, 1.165) is 22.3 Å². The van der Waals surface area contributed by atoms with Crippen LogP contribution in [0.3, 0.4) is 0 Å². The molecule has 0 heterocycles. The molecule has 0 fully saturated rings. The van der Waals surface area contributed by atoms with E-state index in [0.29, 0.717) is 32.4 Å². The van der Waals surface area contributed by atoms with Gasteiger partial charge < -0.3 is 20.1 Å². The molecule has 3 rings (SSSR count). The zero-order chi connectivity index (χ0) is 23.8. The molecule has 0 spiro atoms. The minimum Gasteiger partial charge on any atom is -0.481 e. The Kier molecular flexibility index (Phi) is 8.46. The van der Waals surface area contributed by atoms with Gasteiger partial charge in [0.1, 0.15) is 12.6 Å². The SMILES string of the molecule is CCC[C@@H](NC(=O)OCC1c2ccccc2-c2ccccc21)C(=O)N(CC)CCCC(=O)O. The van der Waals surface area contributed by atoms with Crippen molar-refractivity contribution in [2.24, 2.45) is 0 Å². The maximum atomic E-state index is 13.0. The monoisotopic (exact) mass is 452 g/mol. The molecule has 0 bridgehead atoms. The summed E-state index contributed by atoms with van der Waals surface area (Å²) < 4.78 is 5.59. The van der Waals surface area contributed by atoms with Gasteiger partial charge in [-0.25, -0.2) is 4.79 Å². The molecule has 2 aromatic rings. The van der Waals surface area contributed by atoms with Gasteiger partial charge in [-0.05, 0) is 42.0 Å². The van der Waals surface area contributed by atoms with E-state index in [9.17, 15) is 14.4 Å². The molecule has 0 radical (unpaired) electrons. The van der Waals surface area contributed by atoms with Crippen LogP contribution in [0.15, 0.2) is 48.5 Å². The van der Waals surface area contributed by atoms with E-state index in [2.05, 4.69) is 29.6 Å². The van der Waals surface area contributed by atoms with Crippen molar-refractivity contribution in [3.63, 3.8) is 0 Å². The van der Waals surface area contributed by atoms with Crippen molar-refractivity contribution in [2.45, 2.75) is 51.5 Å². The van der Waals surface area contributed by atoms with Gasteiger partial charge in [-0.15, -0.1) is 0 Å². The lowest BCUT2D eigenvalue weighted by Crippen LogP contribution is -2.49. The molecule has 0 saturated heterocycles. The van der Waals surface area contributed by atoms with Gasteiger partial charge in [-0.3, -0.25) is 9.59 Å². The van der Waals surface area contributed by atoms with Crippen LogP contribution in [-0.4, -0.2) is 53.7 Å².